The summed E-state index contributed by atoms with van der Waals surface area (Å²) in [4.78, 5) is 3.97. The number of rotatable bonds is 4. The lowest BCUT2D eigenvalue weighted by atomic mass is 9.95. The first-order valence-electron chi connectivity index (χ1n) is 9.38. The van der Waals surface area contributed by atoms with Gasteiger partial charge in [-0.15, -0.1) is 16.4 Å². The van der Waals surface area contributed by atoms with Crippen LogP contribution in [0.3, 0.4) is 0 Å². The number of tetrazole rings is 1. The van der Waals surface area contributed by atoms with Crippen molar-refractivity contribution in [3.05, 3.63) is 28.2 Å². The zero-order valence-corrected chi connectivity index (χ0v) is 15.3. The number of nitrogens with zero attached hydrogens (tertiary/aromatic N) is 5. The van der Waals surface area contributed by atoms with Crippen LogP contribution in [0.2, 0.25) is 0 Å². The molecule has 0 bridgehead atoms. The van der Waals surface area contributed by atoms with Crippen LogP contribution in [0.25, 0.3) is 0 Å². The van der Waals surface area contributed by atoms with Gasteiger partial charge in [-0.05, 0) is 60.0 Å². The van der Waals surface area contributed by atoms with Gasteiger partial charge in [-0.1, -0.05) is 32.3 Å². The monoisotopic (exact) mass is 345 g/mol. The van der Waals surface area contributed by atoms with E-state index in [2.05, 4.69) is 49.5 Å². The van der Waals surface area contributed by atoms with Gasteiger partial charge < -0.3 is 0 Å². The van der Waals surface area contributed by atoms with Crippen LogP contribution in [0.15, 0.2) is 17.5 Å². The second-order valence-electron chi connectivity index (χ2n) is 7.43. The maximum atomic E-state index is 4.51. The Labute approximate surface area is 148 Å². The lowest BCUT2D eigenvalue weighted by Gasteiger charge is -2.36. The van der Waals surface area contributed by atoms with Gasteiger partial charge in [0.15, 0.2) is 5.82 Å². The van der Waals surface area contributed by atoms with Gasteiger partial charge in [-0.2, -0.15) is 0 Å². The Morgan fingerprint density at radius 3 is 2.79 bits per heavy atom. The van der Waals surface area contributed by atoms with Gasteiger partial charge in [0.25, 0.3) is 0 Å². The summed E-state index contributed by atoms with van der Waals surface area (Å²) in [6.45, 7) is 4.65. The predicted octanol–water partition coefficient (Wildman–Crippen LogP) is 4.06. The van der Waals surface area contributed by atoms with Crippen molar-refractivity contribution >= 4 is 11.3 Å². The van der Waals surface area contributed by atoms with Gasteiger partial charge in [0, 0.05) is 11.4 Å². The summed E-state index contributed by atoms with van der Waals surface area (Å²) in [6, 6.07) is 5.09. The quantitative estimate of drug-likeness (QED) is 0.838. The third-order valence-electron chi connectivity index (χ3n) is 5.55. The number of aromatic nitrogens is 4. The minimum absolute atomic E-state index is 0.213. The Hall–Kier alpha value is -1.27. The van der Waals surface area contributed by atoms with Gasteiger partial charge in [-0.25, -0.2) is 4.68 Å². The van der Waals surface area contributed by atoms with Crippen molar-refractivity contribution < 1.29 is 0 Å². The topological polar surface area (TPSA) is 46.8 Å². The lowest BCUT2D eigenvalue weighted by molar-refractivity contribution is 0.140. The summed E-state index contributed by atoms with van der Waals surface area (Å²) < 4.78 is 2.16. The van der Waals surface area contributed by atoms with Crippen molar-refractivity contribution in [3.63, 3.8) is 0 Å². The second-order valence-corrected chi connectivity index (χ2v) is 8.41. The summed E-state index contributed by atoms with van der Waals surface area (Å²) in [7, 11) is 0. The summed E-state index contributed by atoms with van der Waals surface area (Å²) in [6.07, 6.45) is 8.99. The molecule has 6 heteroatoms. The van der Waals surface area contributed by atoms with Gasteiger partial charge in [0.05, 0.1) is 6.04 Å². The zero-order valence-electron chi connectivity index (χ0n) is 14.5. The highest BCUT2D eigenvalue weighted by molar-refractivity contribution is 7.10. The SMILES string of the molecule is CC1CCCN(C(c2cccs2)c2nnnn2C2CCCCC2)C1. The van der Waals surface area contributed by atoms with Crippen LogP contribution in [0.5, 0.6) is 0 Å². The first-order chi connectivity index (χ1) is 11.8. The fourth-order valence-corrected chi connectivity index (χ4v) is 5.20. The van der Waals surface area contributed by atoms with Crippen molar-refractivity contribution in [2.45, 2.75) is 64.0 Å². The van der Waals surface area contributed by atoms with E-state index in [0.29, 0.717) is 6.04 Å². The van der Waals surface area contributed by atoms with Crippen LogP contribution in [-0.2, 0) is 0 Å². The molecule has 3 heterocycles. The number of hydrogen-bond donors (Lipinski definition) is 0. The van der Waals surface area contributed by atoms with Crippen LogP contribution in [0, 0.1) is 5.92 Å². The van der Waals surface area contributed by atoms with E-state index >= 15 is 0 Å². The summed E-state index contributed by atoms with van der Waals surface area (Å²) in [5.74, 6) is 1.80. The van der Waals surface area contributed by atoms with Crippen LogP contribution in [-0.4, -0.2) is 38.2 Å². The maximum Gasteiger partial charge on any atom is 0.174 e. The molecule has 0 spiro atoms. The normalized spacial score (nSPS) is 25.0. The van der Waals surface area contributed by atoms with E-state index in [4.69, 9.17) is 0 Å². The number of hydrogen-bond acceptors (Lipinski definition) is 5. The highest BCUT2D eigenvalue weighted by atomic mass is 32.1. The molecule has 2 unspecified atom stereocenters. The van der Waals surface area contributed by atoms with E-state index in [1.165, 1.54) is 49.8 Å². The maximum absolute atomic E-state index is 4.51. The smallest absolute Gasteiger partial charge is 0.174 e. The fraction of sp³-hybridized carbons (Fsp3) is 0.722. The molecule has 1 saturated heterocycles. The number of likely N-dealkylation sites (tertiary alicyclic amines) is 1. The highest BCUT2D eigenvalue weighted by Crippen LogP contribution is 2.36. The van der Waals surface area contributed by atoms with Gasteiger partial charge in [0.2, 0.25) is 0 Å². The molecule has 2 fully saturated rings. The first kappa shape index (κ1) is 16.2. The molecule has 24 heavy (non-hydrogen) atoms. The molecule has 2 atom stereocenters. The third-order valence-corrected chi connectivity index (χ3v) is 6.47. The van der Waals surface area contributed by atoms with E-state index < -0.39 is 0 Å². The Morgan fingerprint density at radius 2 is 2.04 bits per heavy atom. The summed E-state index contributed by atoms with van der Waals surface area (Å²) in [5, 5.41) is 15.2. The van der Waals surface area contributed by atoms with Crippen LogP contribution < -0.4 is 0 Å². The lowest BCUT2D eigenvalue weighted by Crippen LogP contribution is -2.39. The fourth-order valence-electron chi connectivity index (χ4n) is 4.34. The van der Waals surface area contributed by atoms with E-state index in [9.17, 15) is 0 Å². The number of thiophene rings is 1. The molecule has 2 aliphatic rings. The Morgan fingerprint density at radius 1 is 1.17 bits per heavy atom. The molecule has 1 aliphatic heterocycles. The highest BCUT2D eigenvalue weighted by Gasteiger charge is 2.33. The van der Waals surface area contributed by atoms with Gasteiger partial charge in [0.1, 0.15) is 6.04 Å². The first-order valence-corrected chi connectivity index (χ1v) is 10.3. The molecule has 0 aromatic carbocycles. The summed E-state index contributed by atoms with van der Waals surface area (Å²) in [5.41, 5.74) is 0. The van der Waals surface area contributed by atoms with Crippen molar-refractivity contribution in [3.8, 4) is 0 Å². The van der Waals surface area contributed by atoms with Crippen molar-refractivity contribution in [2.75, 3.05) is 13.1 Å². The molecule has 1 saturated carbocycles. The molecule has 0 radical (unpaired) electrons. The minimum atomic E-state index is 0.213. The predicted molar refractivity (Wildman–Crippen MR) is 96.1 cm³/mol. The average molecular weight is 346 g/mol. The van der Waals surface area contributed by atoms with E-state index in [0.717, 1.165) is 24.8 Å². The van der Waals surface area contributed by atoms with E-state index in [1.807, 2.05) is 11.3 Å². The Kier molecular flexibility index (Phi) is 4.94. The molecule has 4 rings (SSSR count). The zero-order chi connectivity index (χ0) is 16.4. The van der Waals surface area contributed by atoms with E-state index in [-0.39, 0.29) is 6.04 Å². The molecule has 0 N–H and O–H groups in total. The van der Waals surface area contributed by atoms with Crippen LogP contribution in [0.4, 0.5) is 0 Å². The third kappa shape index (κ3) is 3.26. The summed E-state index contributed by atoms with van der Waals surface area (Å²) >= 11 is 1.83. The second kappa shape index (κ2) is 7.31. The largest absolute Gasteiger partial charge is 0.289 e. The van der Waals surface area contributed by atoms with Crippen molar-refractivity contribution in [1.82, 2.24) is 25.1 Å². The molecular formula is C18H27N5S. The standard InChI is InChI=1S/C18H27N5S/c1-14-7-5-11-22(13-14)17(16-10-6-12-24-16)18-19-20-21-23(18)15-8-3-2-4-9-15/h6,10,12,14-15,17H,2-5,7-9,11,13H2,1H3. The molecular weight excluding hydrogens is 318 g/mol. The molecule has 130 valence electrons. The Bertz CT molecular complexity index is 632. The molecule has 2 aromatic rings. The van der Waals surface area contributed by atoms with Crippen molar-refractivity contribution in [1.29, 1.82) is 0 Å². The van der Waals surface area contributed by atoms with Gasteiger partial charge in [-0.3, -0.25) is 4.90 Å². The molecule has 5 nitrogen and oxygen atoms in total. The Balaban J connectivity index is 1.68. The van der Waals surface area contributed by atoms with Crippen molar-refractivity contribution in [2.24, 2.45) is 5.92 Å². The van der Waals surface area contributed by atoms with Gasteiger partial charge >= 0.3 is 0 Å². The number of piperidine rings is 1. The average Bonchev–Trinajstić information content (AvgIpc) is 3.29. The van der Waals surface area contributed by atoms with Crippen LogP contribution >= 0.6 is 11.3 Å². The minimum Gasteiger partial charge on any atom is -0.289 e. The molecule has 2 aromatic heterocycles. The molecule has 0 amide bonds. The molecule has 1 aliphatic carbocycles. The van der Waals surface area contributed by atoms with Crippen LogP contribution in [0.1, 0.15) is 74.7 Å². The van der Waals surface area contributed by atoms with E-state index in [1.54, 1.807) is 0 Å².